The van der Waals surface area contributed by atoms with Gasteiger partial charge in [0.05, 0.1) is 0 Å². The van der Waals surface area contributed by atoms with Crippen LogP contribution in [0.5, 0.6) is 0 Å². The molecule has 1 N–H and O–H groups in total. The summed E-state index contributed by atoms with van der Waals surface area (Å²) in [4.78, 5) is 0. The molecule has 2 atom stereocenters. The Morgan fingerprint density at radius 2 is 1.67 bits per heavy atom. The maximum Gasteiger partial charge on any atom is -0.00150 e. The minimum atomic E-state index is 0.920. The molecule has 1 aromatic carbocycles. The van der Waals surface area contributed by atoms with Crippen LogP contribution < -0.4 is 5.32 Å². The van der Waals surface area contributed by atoms with E-state index in [9.17, 15) is 0 Å². The molecule has 2 unspecified atom stereocenters. The minimum absolute atomic E-state index is 0.920. The quantitative estimate of drug-likeness (QED) is 0.799. The molecular weight excluding hydrogens is 218 g/mol. The Morgan fingerprint density at radius 3 is 2.22 bits per heavy atom. The van der Waals surface area contributed by atoms with Crippen molar-refractivity contribution in [3.63, 3.8) is 0 Å². The van der Waals surface area contributed by atoms with Crippen LogP contribution in [0.2, 0.25) is 0 Å². The van der Waals surface area contributed by atoms with Gasteiger partial charge in [0, 0.05) is 0 Å². The van der Waals surface area contributed by atoms with Gasteiger partial charge in [-0.1, -0.05) is 31.2 Å². The summed E-state index contributed by atoms with van der Waals surface area (Å²) in [6.45, 7) is 4.69. The lowest BCUT2D eigenvalue weighted by Crippen LogP contribution is -2.30. The zero-order chi connectivity index (χ0) is 12.4. The van der Waals surface area contributed by atoms with E-state index in [4.69, 9.17) is 0 Å². The molecule has 2 aliphatic carbocycles. The number of benzene rings is 1. The van der Waals surface area contributed by atoms with E-state index in [-0.39, 0.29) is 0 Å². The SMILES string of the molecule is CCCNCC1C2CCC1Cc1ccccc1C2. The van der Waals surface area contributed by atoms with Crippen molar-refractivity contribution >= 4 is 0 Å². The Hall–Kier alpha value is -0.820. The van der Waals surface area contributed by atoms with E-state index in [2.05, 4.69) is 36.5 Å². The Bertz CT molecular complexity index is 365. The molecule has 1 nitrogen and oxygen atoms in total. The summed E-state index contributed by atoms with van der Waals surface area (Å²) in [5.41, 5.74) is 3.26. The minimum Gasteiger partial charge on any atom is -0.316 e. The molecule has 0 spiro atoms. The molecule has 0 aromatic heterocycles. The standard InChI is InChI=1S/C17H25N/c1-2-9-18-12-17-15-7-8-16(17)11-14-6-4-3-5-13(14)10-15/h3-6,15-18H,2,7-12H2,1H3. The van der Waals surface area contributed by atoms with Crippen LogP contribution in [-0.2, 0) is 12.8 Å². The molecule has 98 valence electrons. The predicted octanol–water partition coefficient (Wildman–Crippen LogP) is 3.43. The molecule has 18 heavy (non-hydrogen) atoms. The van der Waals surface area contributed by atoms with Gasteiger partial charge in [-0.2, -0.15) is 0 Å². The molecular formula is C17H25N. The Kier molecular flexibility index (Phi) is 3.69. The van der Waals surface area contributed by atoms with Gasteiger partial charge in [-0.15, -0.1) is 0 Å². The average molecular weight is 243 g/mol. The topological polar surface area (TPSA) is 12.0 Å². The van der Waals surface area contributed by atoms with Crippen LogP contribution in [0, 0.1) is 17.8 Å². The first kappa shape index (κ1) is 12.2. The third-order valence-corrected chi connectivity index (χ3v) is 5.01. The molecule has 1 saturated carbocycles. The second-order valence-corrected chi connectivity index (χ2v) is 6.14. The monoisotopic (exact) mass is 243 g/mol. The molecule has 2 bridgehead atoms. The number of hydrogen-bond donors (Lipinski definition) is 1. The first-order chi connectivity index (χ1) is 8.88. The van der Waals surface area contributed by atoms with Gasteiger partial charge in [-0.25, -0.2) is 0 Å². The number of rotatable bonds is 4. The molecule has 0 aliphatic heterocycles. The number of nitrogens with one attached hydrogen (secondary N) is 1. The van der Waals surface area contributed by atoms with Gasteiger partial charge in [0.2, 0.25) is 0 Å². The molecule has 2 aliphatic rings. The summed E-state index contributed by atoms with van der Waals surface area (Å²) < 4.78 is 0. The molecule has 1 fully saturated rings. The van der Waals surface area contributed by atoms with Crippen molar-refractivity contribution in [1.29, 1.82) is 0 Å². The summed E-state index contributed by atoms with van der Waals surface area (Å²) in [5.74, 6) is 2.79. The third kappa shape index (κ3) is 2.33. The predicted molar refractivity (Wildman–Crippen MR) is 76.7 cm³/mol. The van der Waals surface area contributed by atoms with E-state index in [1.807, 2.05) is 0 Å². The van der Waals surface area contributed by atoms with Gasteiger partial charge >= 0.3 is 0 Å². The Morgan fingerprint density at radius 1 is 1.06 bits per heavy atom. The Labute approximate surface area is 111 Å². The van der Waals surface area contributed by atoms with Crippen molar-refractivity contribution in [1.82, 2.24) is 5.32 Å². The normalized spacial score (nSPS) is 29.9. The third-order valence-electron chi connectivity index (χ3n) is 5.01. The largest absolute Gasteiger partial charge is 0.316 e. The highest BCUT2D eigenvalue weighted by Gasteiger charge is 2.38. The van der Waals surface area contributed by atoms with Crippen molar-refractivity contribution in [2.45, 2.75) is 39.0 Å². The molecule has 3 rings (SSSR count). The van der Waals surface area contributed by atoms with Gasteiger partial charge in [-0.3, -0.25) is 0 Å². The van der Waals surface area contributed by atoms with Gasteiger partial charge in [-0.05, 0) is 74.1 Å². The number of fused-ring (bicyclic) bond motifs is 3. The summed E-state index contributed by atoms with van der Waals surface area (Å²) >= 11 is 0. The van der Waals surface area contributed by atoms with E-state index < -0.39 is 0 Å². The van der Waals surface area contributed by atoms with E-state index in [1.54, 1.807) is 11.1 Å². The molecule has 0 radical (unpaired) electrons. The van der Waals surface area contributed by atoms with Gasteiger partial charge < -0.3 is 5.32 Å². The van der Waals surface area contributed by atoms with Crippen molar-refractivity contribution < 1.29 is 0 Å². The second-order valence-electron chi connectivity index (χ2n) is 6.14. The average Bonchev–Trinajstić information content (AvgIpc) is 2.66. The number of hydrogen-bond acceptors (Lipinski definition) is 1. The highest BCUT2D eigenvalue weighted by Crippen LogP contribution is 2.43. The van der Waals surface area contributed by atoms with E-state index >= 15 is 0 Å². The van der Waals surface area contributed by atoms with Crippen LogP contribution >= 0.6 is 0 Å². The van der Waals surface area contributed by atoms with Crippen molar-refractivity contribution in [3.05, 3.63) is 35.4 Å². The second kappa shape index (κ2) is 5.44. The van der Waals surface area contributed by atoms with E-state index in [1.165, 1.54) is 45.2 Å². The lowest BCUT2D eigenvalue weighted by atomic mass is 9.87. The molecule has 0 saturated heterocycles. The lowest BCUT2D eigenvalue weighted by Gasteiger charge is -2.22. The maximum atomic E-state index is 3.66. The Balaban J connectivity index is 1.74. The summed E-state index contributed by atoms with van der Waals surface area (Å²) in [5, 5.41) is 3.66. The molecule has 0 heterocycles. The highest BCUT2D eigenvalue weighted by molar-refractivity contribution is 5.30. The fourth-order valence-corrected chi connectivity index (χ4v) is 4.05. The van der Waals surface area contributed by atoms with Crippen LogP contribution in [0.4, 0.5) is 0 Å². The smallest absolute Gasteiger partial charge is 0.00150 e. The molecule has 1 aromatic rings. The van der Waals surface area contributed by atoms with Gasteiger partial charge in [0.15, 0.2) is 0 Å². The van der Waals surface area contributed by atoms with Crippen LogP contribution in [0.1, 0.15) is 37.3 Å². The van der Waals surface area contributed by atoms with E-state index in [0.29, 0.717) is 0 Å². The molecule has 1 heteroatoms. The maximum absolute atomic E-state index is 3.66. The highest BCUT2D eigenvalue weighted by atomic mass is 14.9. The van der Waals surface area contributed by atoms with Gasteiger partial charge in [0.25, 0.3) is 0 Å². The zero-order valence-corrected chi connectivity index (χ0v) is 11.5. The summed E-state index contributed by atoms with van der Waals surface area (Å²) in [6, 6.07) is 9.13. The van der Waals surface area contributed by atoms with Gasteiger partial charge in [0.1, 0.15) is 0 Å². The molecule has 0 amide bonds. The van der Waals surface area contributed by atoms with Crippen LogP contribution in [0.15, 0.2) is 24.3 Å². The first-order valence-electron chi connectivity index (χ1n) is 7.66. The van der Waals surface area contributed by atoms with Crippen molar-refractivity contribution in [3.8, 4) is 0 Å². The first-order valence-corrected chi connectivity index (χ1v) is 7.66. The van der Waals surface area contributed by atoms with Crippen molar-refractivity contribution in [2.75, 3.05) is 13.1 Å². The fourth-order valence-electron chi connectivity index (χ4n) is 4.05. The fraction of sp³-hybridized carbons (Fsp3) is 0.647. The summed E-state index contributed by atoms with van der Waals surface area (Å²) in [6.07, 6.45) is 6.81. The van der Waals surface area contributed by atoms with Crippen LogP contribution in [0.25, 0.3) is 0 Å². The van der Waals surface area contributed by atoms with Crippen molar-refractivity contribution in [2.24, 2.45) is 17.8 Å². The lowest BCUT2D eigenvalue weighted by molar-refractivity contribution is 0.304. The summed E-state index contributed by atoms with van der Waals surface area (Å²) in [7, 11) is 0. The van der Waals surface area contributed by atoms with E-state index in [0.717, 1.165) is 17.8 Å². The van der Waals surface area contributed by atoms with Crippen LogP contribution in [-0.4, -0.2) is 13.1 Å². The zero-order valence-electron chi connectivity index (χ0n) is 11.5. The van der Waals surface area contributed by atoms with Crippen LogP contribution in [0.3, 0.4) is 0 Å².